The standard InChI is InChI=1S/C11H12ClFN4/c1-14-5-9-7-17(16-15-9)6-8-2-3-11(13)10(12)4-8/h2-4,7,14H,5-6H2,1H3. The van der Waals surface area contributed by atoms with Crippen molar-refractivity contribution < 1.29 is 4.39 Å². The molecule has 1 aromatic carbocycles. The molecule has 1 N–H and O–H groups in total. The molecular formula is C11H12ClFN4. The van der Waals surface area contributed by atoms with E-state index in [1.165, 1.54) is 6.07 Å². The Morgan fingerprint density at radius 1 is 1.47 bits per heavy atom. The first-order valence-corrected chi connectivity index (χ1v) is 5.54. The molecule has 0 aliphatic heterocycles. The maximum absolute atomic E-state index is 13.0. The van der Waals surface area contributed by atoms with Crippen LogP contribution in [0.25, 0.3) is 0 Å². The van der Waals surface area contributed by atoms with Gasteiger partial charge in [-0.2, -0.15) is 0 Å². The molecule has 1 heterocycles. The molecule has 0 aliphatic carbocycles. The van der Waals surface area contributed by atoms with Crippen LogP contribution in [0, 0.1) is 5.82 Å². The van der Waals surface area contributed by atoms with Crippen LogP contribution in [-0.4, -0.2) is 22.0 Å². The number of halogens is 2. The van der Waals surface area contributed by atoms with Gasteiger partial charge in [-0.1, -0.05) is 22.9 Å². The maximum atomic E-state index is 13.0. The molecule has 0 saturated heterocycles. The molecule has 0 saturated carbocycles. The van der Waals surface area contributed by atoms with E-state index in [4.69, 9.17) is 11.6 Å². The number of hydrogen-bond donors (Lipinski definition) is 1. The van der Waals surface area contributed by atoms with Gasteiger partial charge in [0.15, 0.2) is 0 Å². The molecule has 0 fully saturated rings. The fourth-order valence-electron chi connectivity index (χ4n) is 1.50. The Kier molecular flexibility index (Phi) is 3.71. The summed E-state index contributed by atoms with van der Waals surface area (Å²) in [6, 6.07) is 4.63. The van der Waals surface area contributed by atoms with Gasteiger partial charge in [0.05, 0.1) is 23.5 Å². The van der Waals surface area contributed by atoms with Crippen LogP contribution in [0.15, 0.2) is 24.4 Å². The normalized spacial score (nSPS) is 10.8. The van der Waals surface area contributed by atoms with Crippen molar-refractivity contribution in [2.45, 2.75) is 13.1 Å². The van der Waals surface area contributed by atoms with E-state index in [9.17, 15) is 4.39 Å². The molecule has 0 aliphatic rings. The molecule has 1 aromatic heterocycles. The molecule has 0 unspecified atom stereocenters. The van der Waals surface area contributed by atoms with Gasteiger partial charge in [0, 0.05) is 6.54 Å². The molecule has 0 atom stereocenters. The number of rotatable bonds is 4. The summed E-state index contributed by atoms with van der Waals surface area (Å²) in [5, 5.41) is 11.1. The first kappa shape index (κ1) is 12.0. The Morgan fingerprint density at radius 2 is 2.29 bits per heavy atom. The third kappa shape index (κ3) is 3.01. The second-order valence-electron chi connectivity index (χ2n) is 3.69. The highest BCUT2D eigenvalue weighted by Crippen LogP contribution is 2.16. The van der Waals surface area contributed by atoms with E-state index in [0.717, 1.165) is 11.3 Å². The van der Waals surface area contributed by atoms with E-state index >= 15 is 0 Å². The van der Waals surface area contributed by atoms with Gasteiger partial charge >= 0.3 is 0 Å². The SMILES string of the molecule is CNCc1cn(Cc2ccc(F)c(Cl)c2)nn1. The van der Waals surface area contributed by atoms with Crippen molar-refractivity contribution in [2.75, 3.05) is 7.05 Å². The monoisotopic (exact) mass is 254 g/mol. The van der Waals surface area contributed by atoms with Crippen LogP contribution in [0.5, 0.6) is 0 Å². The zero-order valence-corrected chi connectivity index (χ0v) is 10.1. The summed E-state index contributed by atoms with van der Waals surface area (Å²) >= 11 is 5.70. The lowest BCUT2D eigenvalue weighted by atomic mass is 10.2. The second-order valence-corrected chi connectivity index (χ2v) is 4.09. The topological polar surface area (TPSA) is 42.7 Å². The molecule has 17 heavy (non-hydrogen) atoms. The van der Waals surface area contributed by atoms with Crippen molar-refractivity contribution in [3.05, 3.63) is 46.5 Å². The quantitative estimate of drug-likeness (QED) is 0.905. The van der Waals surface area contributed by atoms with Crippen LogP contribution in [0.3, 0.4) is 0 Å². The van der Waals surface area contributed by atoms with Crippen molar-refractivity contribution in [1.82, 2.24) is 20.3 Å². The summed E-state index contributed by atoms with van der Waals surface area (Å²) in [4.78, 5) is 0. The van der Waals surface area contributed by atoms with Gasteiger partial charge in [0.25, 0.3) is 0 Å². The molecule has 90 valence electrons. The largest absolute Gasteiger partial charge is 0.314 e. The smallest absolute Gasteiger partial charge is 0.141 e. The Balaban J connectivity index is 2.11. The van der Waals surface area contributed by atoms with Crippen LogP contribution >= 0.6 is 11.6 Å². The summed E-state index contributed by atoms with van der Waals surface area (Å²) in [5.41, 5.74) is 1.75. The van der Waals surface area contributed by atoms with Gasteiger partial charge in [-0.3, -0.25) is 0 Å². The third-order valence-electron chi connectivity index (χ3n) is 2.27. The predicted octanol–water partition coefficient (Wildman–Crippen LogP) is 1.84. The molecular weight excluding hydrogens is 243 g/mol. The average molecular weight is 255 g/mol. The van der Waals surface area contributed by atoms with E-state index in [0.29, 0.717) is 13.1 Å². The summed E-state index contributed by atoms with van der Waals surface area (Å²) in [5.74, 6) is -0.412. The molecule has 0 bridgehead atoms. The first-order chi connectivity index (χ1) is 8.19. The van der Waals surface area contributed by atoms with Crippen LogP contribution < -0.4 is 5.32 Å². The van der Waals surface area contributed by atoms with Gasteiger partial charge in [0.1, 0.15) is 5.82 Å². The zero-order chi connectivity index (χ0) is 12.3. The lowest BCUT2D eigenvalue weighted by molar-refractivity contribution is 0.622. The third-order valence-corrected chi connectivity index (χ3v) is 2.56. The van der Waals surface area contributed by atoms with Gasteiger partial charge in [-0.15, -0.1) is 5.10 Å². The lowest BCUT2D eigenvalue weighted by Crippen LogP contribution is -2.05. The molecule has 4 nitrogen and oxygen atoms in total. The molecule has 0 amide bonds. The van der Waals surface area contributed by atoms with E-state index in [-0.39, 0.29) is 5.02 Å². The minimum Gasteiger partial charge on any atom is -0.314 e. The second kappa shape index (κ2) is 5.25. The number of nitrogens with one attached hydrogen (secondary N) is 1. The van der Waals surface area contributed by atoms with E-state index in [1.54, 1.807) is 16.8 Å². The Morgan fingerprint density at radius 3 is 3.00 bits per heavy atom. The number of benzene rings is 1. The summed E-state index contributed by atoms with van der Waals surface area (Å²) in [6.07, 6.45) is 1.84. The van der Waals surface area contributed by atoms with Crippen LogP contribution in [0.2, 0.25) is 5.02 Å². The van der Waals surface area contributed by atoms with Crippen molar-refractivity contribution >= 4 is 11.6 Å². The van der Waals surface area contributed by atoms with Crippen LogP contribution in [0.1, 0.15) is 11.3 Å². The summed E-state index contributed by atoms with van der Waals surface area (Å²) in [7, 11) is 1.85. The maximum Gasteiger partial charge on any atom is 0.141 e. The fourth-order valence-corrected chi connectivity index (χ4v) is 1.71. The lowest BCUT2D eigenvalue weighted by Gasteiger charge is -2.02. The van der Waals surface area contributed by atoms with Gasteiger partial charge < -0.3 is 5.32 Å². The number of aromatic nitrogens is 3. The highest BCUT2D eigenvalue weighted by molar-refractivity contribution is 6.30. The van der Waals surface area contributed by atoms with Gasteiger partial charge in [-0.25, -0.2) is 9.07 Å². The number of nitrogens with zero attached hydrogens (tertiary/aromatic N) is 3. The van der Waals surface area contributed by atoms with Gasteiger partial charge in [-0.05, 0) is 24.7 Å². The van der Waals surface area contributed by atoms with E-state index < -0.39 is 5.82 Å². The average Bonchev–Trinajstić information content (AvgIpc) is 2.72. The van der Waals surface area contributed by atoms with Crippen molar-refractivity contribution in [2.24, 2.45) is 0 Å². The molecule has 2 rings (SSSR count). The van der Waals surface area contributed by atoms with Crippen molar-refractivity contribution in [3.8, 4) is 0 Å². The highest BCUT2D eigenvalue weighted by atomic mass is 35.5. The minimum absolute atomic E-state index is 0.123. The van der Waals surface area contributed by atoms with Crippen LogP contribution in [-0.2, 0) is 13.1 Å². The van der Waals surface area contributed by atoms with Crippen molar-refractivity contribution in [1.29, 1.82) is 0 Å². The first-order valence-electron chi connectivity index (χ1n) is 5.16. The predicted molar refractivity (Wildman–Crippen MR) is 63.3 cm³/mol. The highest BCUT2D eigenvalue weighted by Gasteiger charge is 2.03. The van der Waals surface area contributed by atoms with Crippen molar-refractivity contribution in [3.63, 3.8) is 0 Å². The summed E-state index contributed by atoms with van der Waals surface area (Å²) < 4.78 is 14.7. The number of hydrogen-bond acceptors (Lipinski definition) is 3. The Hall–Kier alpha value is -1.46. The fraction of sp³-hybridized carbons (Fsp3) is 0.273. The summed E-state index contributed by atoms with van der Waals surface area (Å²) in [6.45, 7) is 1.20. The molecule has 2 aromatic rings. The molecule has 0 radical (unpaired) electrons. The minimum atomic E-state index is -0.412. The van der Waals surface area contributed by atoms with Gasteiger partial charge in [0.2, 0.25) is 0 Å². The Bertz CT molecular complexity index is 512. The Labute approximate surface area is 103 Å². The zero-order valence-electron chi connectivity index (χ0n) is 9.32. The molecule has 0 spiro atoms. The van der Waals surface area contributed by atoms with E-state index in [2.05, 4.69) is 15.6 Å². The van der Waals surface area contributed by atoms with E-state index in [1.807, 2.05) is 13.2 Å². The van der Waals surface area contributed by atoms with Crippen LogP contribution in [0.4, 0.5) is 4.39 Å². The molecule has 6 heteroatoms.